The van der Waals surface area contributed by atoms with Gasteiger partial charge in [-0.3, -0.25) is 4.79 Å². The molecule has 2 nitrogen and oxygen atoms in total. The molecule has 0 aliphatic heterocycles. The Morgan fingerprint density at radius 3 is 2.29 bits per heavy atom. The fourth-order valence-electron chi connectivity index (χ4n) is 1.46. The van der Waals surface area contributed by atoms with Crippen LogP contribution < -0.4 is 0 Å². The Morgan fingerprint density at radius 2 is 1.65 bits per heavy atom. The summed E-state index contributed by atoms with van der Waals surface area (Å²) < 4.78 is 0. The molecule has 2 aromatic rings. The molecular weight excluding hydrogens is 259 g/mol. The molecule has 4 heteroatoms. The second-order valence-electron chi connectivity index (χ2n) is 3.48. The van der Waals surface area contributed by atoms with E-state index in [2.05, 4.69) is 0 Å². The molecule has 86 valence electrons. The lowest BCUT2D eigenvalue weighted by atomic mass is 10.0. The van der Waals surface area contributed by atoms with Crippen molar-refractivity contribution in [2.24, 2.45) is 0 Å². The molecule has 0 fully saturated rings. The molecule has 0 atom stereocenters. The minimum atomic E-state index is -0.225. The number of phenols is 1. The van der Waals surface area contributed by atoms with Crippen LogP contribution in [0.25, 0.3) is 0 Å². The molecule has 17 heavy (non-hydrogen) atoms. The monoisotopic (exact) mass is 266 g/mol. The predicted octanol–water partition coefficient (Wildman–Crippen LogP) is 3.93. The van der Waals surface area contributed by atoms with Crippen molar-refractivity contribution in [3.8, 4) is 5.75 Å². The first-order chi connectivity index (χ1) is 8.09. The Morgan fingerprint density at radius 1 is 1.00 bits per heavy atom. The Labute approximate surface area is 108 Å². The minimum Gasteiger partial charge on any atom is -0.506 e. The van der Waals surface area contributed by atoms with Gasteiger partial charge in [-0.05, 0) is 6.07 Å². The van der Waals surface area contributed by atoms with Crippen molar-refractivity contribution in [3.05, 3.63) is 63.6 Å². The Hall–Kier alpha value is -1.51. The molecule has 0 aliphatic carbocycles. The van der Waals surface area contributed by atoms with Gasteiger partial charge >= 0.3 is 0 Å². The van der Waals surface area contributed by atoms with Gasteiger partial charge in [0.2, 0.25) is 0 Å². The van der Waals surface area contributed by atoms with Gasteiger partial charge in [0.15, 0.2) is 5.78 Å². The highest BCUT2D eigenvalue weighted by Crippen LogP contribution is 2.31. The minimum absolute atomic E-state index is 0.105. The zero-order valence-corrected chi connectivity index (χ0v) is 10.2. The van der Waals surface area contributed by atoms with Gasteiger partial charge in [0, 0.05) is 17.2 Å². The van der Waals surface area contributed by atoms with E-state index in [0.29, 0.717) is 5.56 Å². The van der Waals surface area contributed by atoms with Gasteiger partial charge in [0.1, 0.15) is 5.75 Å². The summed E-state index contributed by atoms with van der Waals surface area (Å²) in [6.07, 6.45) is 0. The number of halogens is 2. The van der Waals surface area contributed by atoms with E-state index in [-0.39, 0.29) is 27.1 Å². The van der Waals surface area contributed by atoms with Crippen LogP contribution in [0.15, 0.2) is 42.5 Å². The maximum Gasteiger partial charge on any atom is 0.194 e. The van der Waals surface area contributed by atoms with Crippen LogP contribution in [0.5, 0.6) is 5.75 Å². The van der Waals surface area contributed by atoms with Crippen molar-refractivity contribution in [1.82, 2.24) is 0 Å². The van der Waals surface area contributed by atoms with E-state index in [4.69, 9.17) is 23.2 Å². The fraction of sp³-hybridized carbons (Fsp3) is 0. The molecule has 2 aromatic carbocycles. The van der Waals surface area contributed by atoms with Crippen molar-refractivity contribution in [1.29, 1.82) is 0 Å². The summed E-state index contributed by atoms with van der Waals surface area (Å²) >= 11 is 11.7. The highest BCUT2D eigenvalue weighted by Gasteiger charge is 2.15. The maximum atomic E-state index is 12.1. The highest BCUT2D eigenvalue weighted by molar-refractivity contribution is 6.37. The lowest BCUT2D eigenvalue weighted by Crippen LogP contribution is -2.01. The van der Waals surface area contributed by atoms with Crippen LogP contribution in [0.3, 0.4) is 0 Å². The number of carbonyl (C=O) groups is 1. The Bertz CT molecular complexity index is 565. The molecule has 0 aliphatic rings. The zero-order chi connectivity index (χ0) is 12.4. The molecule has 0 radical (unpaired) electrons. The van der Waals surface area contributed by atoms with E-state index in [1.54, 1.807) is 24.3 Å². The first-order valence-corrected chi connectivity index (χ1v) is 5.63. The molecule has 0 heterocycles. The van der Waals surface area contributed by atoms with Crippen molar-refractivity contribution in [2.45, 2.75) is 0 Å². The molecule has 2 rings (SSSR count). The number of hydrogen-bond acceptors (Lipinski definition) is 2. The van der Waals surface area contributed by atoms with Gasteiger partial charge in [-0.25, -0.2) is 0 Å². The van der Waals surface area contributed by atoms with Gasteiger partial charge in [-0.1, -0.05) is 53.5 Å². The molecule has 0 bridgehead atoms. The summed E-state index contributed by atoms with van der Waals surface area (Å²) in [5, 5.41) is 9.64. The third-order valence-electron chi connectivity index (χ3n) is 2.32. The molecule has 1 N–H and O–H groups in total. The number of carbonyl (C=O) groups excluding carboxylic acids is 1. The van der Waals surface area contributed by atoms with Crippen LogP contribution in [0.1, 0.15) is 15.9 Å². The fourth-order valence-corrected chi connectivity index (χ4v) is 1.86. The van der Waals surface area contributed by atoms with E-state index in [1.165, 1.54) is 12.1 Å². The summed E-state index contributed by atoms with van der Waals surface area (Å²) in [4.78, 5) is 12.1. The van der Waals surface area contributed by atoms with Crippen molar-refractivity contribution < 1.29 is 9.90 Å². The van der Waals surface area contributed by atoms with E-state index < -0.39 is 0 Å². The molecule has 0 unspecified atom stereocenters. The second kappa shape index (κ2) is 4.78. The Kier molecular flexibility index (Phi) is 3.36. The van der Waals surface area contributed by atoms with Gasteiger partial charge in [0.05, 0.1) is 10.0 Å². The molecule has 0 amide bonds. The molecule has 0 saturated heterocycles. The molecule has 0 aromatic heterocycles. The smallest absolute Gasteiger partial charge is 0.194 e. The highest BCUT2D eigenvalue weighted by atomic mass is 35.5. The van der Waals surface area contributed by atoms with Gasteiger partial charge < -0.3 is 5.11 Å². The van der Waals surface area contributed by atoms with Crippen LogP contribution in [0.4, 0.5) is 0 Å². The predicted molar refractivity (Wildman–Crippen MR) is 68.0 cm³/mol. The maximum absolute atomic E-state index is 12.1. The van der Waals surface area contributed by atoms with Crippen LogP contribution in [-0.2, 0) is 0 Å². The van der Waals surface area contributed by atoms with Crippen molar-refractivity contribution >= 4 is 29.0 Å². The number of hydrogen-bond donors (Lipinski definition) is 1. The quantitative estimate of drug-likeness (QED) is 0.837. The normalized spacial score (nSPS) is 10.2. The standard InChI is InChI=1S/C13H8Cl2O2/c14-10-7-12(16)11(15)6-9(10)13(17)8-4-2-1-3-5-8/h1-7,16H. The van der Waals surface area contributed by atoms with Gasteiger partial charge in [-0.2, -0.15) is 0 Å². The number of ketones is 1. The van der Waals surface area contributed by atoms with Crippen LogP contribution in [0, 0.1) is 0 Å². The Balaban J connectivity index is 2.48. The van der Waals surface area contributed by atoms with E-state index in [9.17, 15) is 9.90 Å². The molecule has 0 spiro atoms. The lowest BCUT2D eigenvalue weighted by molar-refractivity contribution is 0.103. The lowest BCUT2D eigenvalue weighted by Gasteiger charge is -2.05. The van der Waals surface area contributed by atoms with Crippen LogP contribution in [0.2, 0.25) is 10.0 Å². The second-order valence-corrected chi connectivity index (χ2v) is 4.29. The van der Waals surface area contributed by atoms with Gasteiger partial charge in [0.25, 0.3) is 0 Å². The van der Waals surface area contributed by atoms with Crippen LogP contribution >= 0.6 is 23.2 Å². The number of aromatic hydroxyl groups is 1. The van der Waals surface area contributed by atoms with Crippen LogP contribution in [-0.4, -0.2) is 10.9 Å². The number of rotatable bonds is 2. The van der Waals surface area contributed by atoms with Crippen molar-refractivity contribution in [3.63, 3.8) is 0 Å². The molecular formula is C13H8Cl2O2. The SMILES string of the molecule is O=C(c1ccccc1)c1cc(Cl)c(O)cc1Cl. The number of phenolic OH excluding ortho intramolecular Hbond substituents is 1. The average Bonchev–Trinajstić information content (AvgIpc) is 2.34. The van der Waals surface area contributed by atoms with E-state index in [0.717, 1.165) is 0 Å². The first-order valence-electron chi connectivity index (χ1n) is 4.87. The van der Waals surface area contributed by atoms with Crippen molar-refractivity contribution in [2.75, 3.05) is 0 Å². The summed E-state index contributed by atoms with van der Waals surface area (Å²) in [5.41, 5.74) is 0.803. The third-order valence-corrected chi connectivity index (χ3v) is 2.93. The zero-order valence-electron chi connectivity index (χ0n) is 8.65. The van der Waals surface area contributed by atoms with E-state index in [1.807, 2.05) is 6.07 Å². The summed E-state index contributed by atoms with van der Waals surface area (Å²) in [6.45, 7) is 0. The first kappa shape index (κ1) is 12.0. The molecule has 0 saturated carbocycles. The van der Waals surface area contributed by atoms with Gasteiger partial charge in [-0.15, -0.1) is 0 Å². The largest absolute Gasteiger partial charge is 0.506 e. The third kappa shape index (κ3) is 2.43. The topological polar surface area (TPSA) is 37.3 Å². The summed E-state index contributed by atoms with van der Waals surface area (Å²) in [5.74, 6) is -0.362. The summed E-state index contributed by atoms with van der Waals surface area (Å²) in [6, 6.07) is 11.4. The number of benzene rings is 2. The summed E-state index contributed by atoms with van der Waals surface area (Å²) in [7, 11) is 0. The van der Waals surface area contributed by atoms with E-state index >= 15 is 0 Å². The average molecular weight is 267 g/mol.